The van der Waals surface area contributed by atoms with Crippen molar-refractivity contribution in [1.29, 1.82) is 0 Å². The Labute approximate surface area is 142 Å². The second-order valence-electron chi connectivity index (χ2n) is 5.90. The molecule has 0 amide bonds. The highest BCUT2D eigenvalue weighted by Crippen LogP contribution is 2.30. The van der Waals surface area contributed by atoms with Crippen molar-refractivity contribution in [1.82, 2.24) is 15.5 Å². The van der Waals surface area contributed by atoms with Gasteiger partial charge >= 0.3 is 0 Å². The molecule has 1 aliphatic heterocycles. The zero-order chi connectivity index (χ0) is 16.8. The van der Waals surface area contributed by atoms with Crippen molar-refractivity contribution in [2.24, 2.45) is 0 Å². The van der Waals surface area contributed by atoms with Crippen LogP contribution >= 0.6 is 0 Å². The van der Waals surface area contributed by atoms with Crippen molar-refractivity contribution in [3.05, 3.63) is 42.1 Å². The fourth-order valence-electron chi connectivity index (χ4n) is 3.16. The lowest BCUT2D eigenvalue weighted by atomic mass is 10.0. The topological polar surface area (TPSA) is 59.5 Å². The Bertz CT molecular complexity index is 651. The number of nitrogens with zero attached hydrogens (tertiary/aromatic N) is 3. The van der Waals surface area contributed by atoms with Crippen LogP contribution in [0, 0.1) is 0 Å². The van der Waals surface area contributed by atoms with Gasteiger partial charge in [-0.25, -0.2) is 0 Å². The Kier molecular flexibility index (Phi) is 5.48. The lowest BCUT2D eigenvalue weighted by Crippen LogP contribution is -2.45. The molecule has 0 spiro atoms. The van der Waals surface area contributed by atoms with Gasteiger partial charge in [0.15, 0.2) is 17.3 Å². The standard InChI is InChI=1S/C18H24N4O2/c1-23-16-8-3-6-14(18(16)24-2)12-19-15-7-5-11-22(13-15)17-9-4-10-20-21-17/h3-4,6,8-10,15,19H,5,7,11-13H2,1-2H3/t15-/m0/s1. The van der Waals surface area contributed by atoms with Gasteiger partial charge in [0.1, 0.15) is 0 Å². The molecule has 24 heavy (non-hydrogen) atoms. The third-order valence-electron chi connectivity index (χ3n) is 4.37. The number of piperidine rings is 1. The zero-order valence-electron chi connectivity index (χ0n) is 14.2. The molecule has 0 saturated carbocycles. The highest BCUT2D eigenvalue weighted by Gasteiger charge is 2.21. The summed E-state index contributed by atoms with van der Waals surface area (Å²) in [6, 6.07) is 10.3. The molecule has 1 aliphatic rings. The van der Waals surface area contributed by atoms with Crippen molar-refractivity contribution in [2.45, 2.75) is 25.4 Å². The molecule has 0 radical (unpaired) electrons. The predicted octanol–water partition coefficient (Wildman–Crippen LogP) is 2.25. The van der Waals surface area contributed by atoms with Gasteiger partial charge in [0.2, 0.25) is 0 Å². The van der Waals surface area contributed by atoms with Crippen LogP contribution in [0.3, 0.4) is 0 Å². The largest absolute Gasteiger partial charge is 0.493 e. The van der Waals surface area contributed by atoms with Crippen LogP contribution in [0.2, 0.25) is 0 Å². The molecule has 1 saturated heterocycles. The summed E-state index contributed by atoms with van der Waals surface area (Å²) in [4.78, 5) is 2.29. The Morgan fingerprint density at radius 1 is 1.21 bits per heavy atom. The summed E-state index contributed by atoms with van der Waals surface area (Å²) in [5, 5.41) is 11.8. The van der Waals surface area contributed by atoms with Gasteiger partial charge in [-0.05, 0) is 31.0 Å². The minimum atomic E-state index is 0.414. The third-order valence-corrected chi connectivity index (χ3v) is 4.37. The average molecular weight is 328 g/mol. The summed E-state index contributed by atoms with van der Waals surface area (Å²) in [7, 11) is 3.34. The van der Waals surface area contributed by atoms with Crippen LogP contribution in [0.1, 0.15) is 18.4 Å². The molecule has 1 N–H and O–H groups in total. The summed E-state index contributed by atoms with van der Waals surface area (Å²) in [6.07, 6.45) is 4.00. The maximum absolute atomic E-state index is 5.50. The molecule has 0 bridgehead atoms. The van der Waals surface area contributed by atoms with Gasteiger partial charge in [0.05, 0.1) is 14.2 Å². The molecule has 3 rings (SSSR count). The lowest BCUT2D eigenvalue weighted by Gasteiger charge is -2.33. The summed E-state index contributed by atoms with van der Waals surface area (Å²) in [6.45, 7) is 2.71. The lowest BCUT2D eigenvalue weighted by molar-refractivity contribution is 0.348. The third kappa shape index (κ3) is 3.76. The first-order valence-corrected chi connectivity index (χ1v) is 8.27. The molecule has 2 heterocycles. The number of methoxy groups -OCH3 is 2. The van der Waals surface area contributed by atoms with E-state index in [-0.39, 0.29) is 0 Å². The van der Waals surface area contributed by atoms with Crippen LogP contribution in [-0.4, -0.2) is 43.5 Å². The summed E-state index contributed by atoms with van der Waals surface area (Å²) in [5.41, 5.74) is 1.11. The molecule has 0 unspecified atom stereocenters. The number of hydrogen-bond acceptors (Lipinski definition) is 6. The van der Waals surface area contributed by atoms with Gasteiger partial charge in [0, 0.05) is 37.4 Å². The SMILES string of the molecule is COc1cccc(CN[C@H]2CCCN(c3cccnn3)C2)c1OC. The van der Waals surface area contributed by atoms with Crippen LogP contribution in [-0.2, 0) is 6.54 Å². The summed E-state index contributed by atoms with van der Waals surface area (Å²) >= 11 is 0. The Balaban J connectivity index is 1.63. The van der Waals surface area contributed by atoms with E-state index in [9.17, 15) is 0 Å². The second kappa shape index (κ2) is 7.97. The van der Waals surface area contributed by atoms with Crippen molar-refractivity contribution in [3.8, 4) is 11.5 Å². The molecule has 1 aromatic carbocycles. The minimum absolute atomic E-state index is 0.414. The fraction of sp³-hybridized carbons (Fsp3) is 0.444. The van der Waals surface area contributed by atoms with Crippen molar-refractivity contribution < 1.29 is 9.47 Å². The molecular weight excluding hydrogens is 304 g/mol. The minimum Gasteiger partial charge on any atom is -0.493 e. The van der Waals surface area contributed by atoms with E-state index in [1.165, 1.54) is 0 Å². The number of nitrogens with one attached hydrogen (secondary N) is 1. The van der Waals surface area contributed by atoms with Gasteiger partial charge in [0.25, 0.3) is 0 Å². The van der Waals surface area contributed by atoms with Crippen LogP contribution in [0.5, 0.6) is 11.5 Å². The van der Waals surface area contributed by atoms with Gasteiger partial charge in [-0.2, -0.15) is 5.10 Å². The Morgan fingerprint density at radius 2 is 2.12 bits per heavy atom. The van der Waals surface area contributed by atoms with E-state index in [1.807, 2.05) is 24.3 Å². The maximum Gasteiger partial charge on any atom is 0.165 e. The first-order valence-electron chi connectivity index (χ1n) is 8.27. The van der Waals surface area contributed by atoms with E-state index in [0.717, 1.165) is 55.4 Å². The first kappa shape index (κ1) is 16.5. The van der Waals surface area contributed by atoms with E-state index in [1.54, 1.807) is 20.4 Å². The second-order valence-corrected chi connectivity index (χ2v) is 5.90. The van der Waals surface area contributed by atoms with E-state index in [0.29, 0.717) is 6.04 Å². The van der Waals surface area contributed by atoms with Gasteiger partial charge < -0.3 is 19.7 Å². The van der Waals surface area contributed by atoms with E-state index >= 15 is 0 Å². The highest BCUT2D eigenvalue weighted by molar-refractivity contribution is 5.46. The summed E-state index contributed by atoms with van der Waals surface area (Å²) in [5.74, 6) is 2.51. The van der Waals surface area contributed by atoms with Crippen molar-refractivity contribution in [3.63, 3.8) is 0 Å². The molecule has 0 aliphatic carbocycles. The average Bonchev–Trinajstić information content (AvgIpc) is 2.66. The fourth-order valence-corrected chi connectivity index (χ4v) is 3.16. The predicted molar refractivity (Wildman–Crippen MR) is 93.7 cm³/mol. The van der Waals surface area contributed by atoms with Crippen molar-refractivity contribution >= 4 is 5.82 Å². The number of rotatable bonds is 6. The molecular formula is C18H24N4O2. The monoisotopic (exact) mass is 328 g/mol. The number of para-hydroxylation sites is 1. The number of hydrogen-bond donors (Lipinski definition) is 1. The van der Waals surface area contributed by atoms with Gasteiger partial charge in [-0.1, -0.05) is 12.1 Å². The van der Waals surface area contributed by atoms with E-state index < -0.39 is 0 Å². The van der Waals surface area contributed by atoms with Crippen LogP contribution in [0.25, 0.3) is 0 Å². The first-order chi connectivity index (χ1) is 11.8. The Hall–Kier alpha value is -2.34. The zero-order valence-corrected chi connectivity index (χ0v) is 14.2. The molecule has 128 valence electrons. The van der Waals surface area contributed by atoms with Crippen LogP contribution in [0.15, 0.2) is 36.5 Å². The smallest absolute Gasteiger partial charge is 0.165 e. The van der Waals surface area contributed by atoms with Crippen LogP contribution in [0.4, 0.5) is 5.82 Å². The van der Waals surface area contributed by atoms with Gasteiger partial charge in [-0.3, -0.25) is 0 Å². The Morgan fingerprint density at radius 3 is 2.88 bits per heavy atom. The normalized spacial score (nSPS) is 17.6. The maximum atomic E-state index is 5.50. The summed E-state index contributed by atoms with van der Waals surface area (Å²) < 4.78 is 10.9. The molecule has 6 heteroatoms. The van der Waals surface area contributed by atoms with Gasteiger partial charge in [-0.15, -0.1) is 5.10 Å². The molecule has 6 nitrogen and oxygen atoms in total. The van der Waals surface area contributed by atoms with E-state index in [2.05, 4.69) is 26.5 Å². The van der Waals surface area contributed by atoms with Crippen LogP contribution < -0.4 is 19.7 Å². The highest BCUT2D eigenvalue weighted by atomic mass is 16.5. The number of aromatic nitrogens is 2. The van der Waals surface area contributed by atoms with E-state index in [4.69, 9.17) is 9.47 Å². The molecule has 2 aromatic rings. The molecule has 1 aromatic heterocycles. The van der Waals surface area contributed by atoms with Crippen molar-refractivity contribution in [2.75, 3.05) is 32.2 Å². The number of anilines is 1. The quantitative estimate of drug-likeness (QED) is 0.878. The number of ether oxygens (including phenoxy) is 2. The molecule has 1 fully saturated rings. The number of benzene rings is 1. The molecule has 1 atom stereocenters.